The van der Waals surface area contributed by atoms with Gasteiger partial charge in [-0.05, 0) is 39.8 Å². The third-order valence-corrected chi connectivity index (χ3v) is 2.97. The van der Waals surface area contributed by atoms with Crippen molar-refractivity contribution in [3.8, 4) is 5.75 Å². The minimum absolute atomic E-state index is 0.0401. The molecular weight excluding hydrogens is 292 g/mol. The molecule has 0 spiro atoms. The van der Waals surface area contributed by atoms with Gasteiger partial charge in [-0.2, -0.15) is 0 Å². The first-order valence-corrected chi connectivity index (χ1v) is 7.76. The molecule has 0 aromatic heterocycles. The summed E-state index contributed by atoms with van der Waals surface area (Å²) in [5, 5.41) is 17.2. The van der Waals surface area contributed by atoms with Crippen LogP contribution in [0.1, 0.15) is 33.3 Å². The summed E-state index contributed by atoms with van der Waals surface area (Å²) in [4.78, 5) is 5.26. The predicted molar refractivity (Wildman–Crippen MR) is 94.1 cm³/mol. The third-order valence-electron chi connectivity index (χ3n) is 2.97. The lowest BCUT2D eigenvalue weighted by Crippen LogP contribution is -2.42. The van der Waals surface area contributed by atoms with Crippen molar-refractivity contribution in [2.24, 2.45) is 5.16 Å². The number of rotatable bonds is 9. The Labute approximate surface area is 139 Å². The second-order valence-electron chi connectivity index (χ2n) is 6.35. The average Bonchev–Trinajstić information content (AvgIpc) is 2.50. The van der Waals surface area contributed by atoms with Gasteiger partial charge < -0.3 is 20.0 Å². The van der Waals surface area contributed by atoms with E-state index in [4.69, 9.17) is 9.57 Å². The SMILES string of the molecule is C=CCOc1ccccc1/C(C)=N/OCC(O)CNC(C)(C)C. The molecule has 5 heteroatoms. The molecule has 0 aliphatic heterocycles. The number of hydrogen-bond donors (Lipinski definition) is 2. The predicted octanol–water partition coefficient (Wildman–Crippen LogP) is 2.74. The van der Waals surface area contributed by atoms with Crippen LogP contribution in [0.2, 0.25) is 0 Å². The zero-order valence-electron chi connectivity index (χ0n) is 14.5. The first kappa shape index (κ1) is 19.2. The van der Waals surface area contributed by atoms with E-state index in [0.29, 0.717) is 18.9 Å². The van der Waals surface area contributed by atoms with E-state index in [1.165, 1.54) is 0 Å². The Hall–Kier alpha value is -1.85. The Morgan fingerprint density at radius 1 is 1.39 bits per heavy atom. The minimum Gasteiger partial charge on any atom is -0.489 e. The van der Waals surface area contributed by atoms with E-state index in [1.807, 2.05) is 52.0 Å². The van der Waals surface area contributed by atoms with Gasteiger partial charge >= 0.3 is 0 Å². The lowest BCUT2D eigenvalue weighted by molar-refractivity contribution is 0.0372. The standard InChI is InChI=1S/C18H28N2O3/c1-6-11-22-17-10-8-7-9-16(17)14(2)20-23-13-15(21)12-19-18(3,4)5/h6-10,15,19,21H,1,11-13H2,2-5H3/b20-14+. The smallest absolute Gasteiger partial charge is 0.144 e. The van der Waals surface area contributed by atoms with Crippen LogP contribution in [0.25, 0.3) is 0 Å². The Balaban J connectivity index is 2.55. The van der Waals surface area contributed by atoms with Crippen molar-refractivity contribution in [3.05, 3.63) is 42.5 Å². The Kier molecular flexibility index (Phi) is 7.78. The second-order valence-corrected chi connectivity index (χ2v) is 6.35. The van der Waals surface area contributed by atoms with Crippen molar-refractivity contribution in [2.75, 3.05) is 19.8 Å². The number of hydrogen-bond acceptors (Lipinski definition) is 5. The largest absolute Gasteiger partial charge is 0.489 e. The molecule has 23 heavy (non-hydrogen) atoms. The number of ether oxygens (including phenoxy) is 1. The van der Waals surface area contributed by atoms with Crippen molar-refractivity contribution in [1.29, 1.82) is 0 Å². The molecule has 5 nitrogen and oxygen atoms in total. The fourth-order valence-electron chi connectivity index (χ4n) is 1.79. The number of nitrogens with zero attached hydrogens (tertiary/aromatic N) is 1. The number of oxime groups is 1. The van der Waals surface area contributed by atoms with Gasteiger partial charge in [0.25, 0.3) is 0 Å². The van der Waals surface area contributed by atoms with Crippen molar-refractivity contribution in [3.63, 3.8) is 0 Å². The summed E-state index contributed by atoms with van der Waals surface area (Å²) in [7, 11) is 0. The fraction of sp³-hybridized carbons (Fsp3) is 0.500. The number of nitrogens with one attached hydrogen (secondary N) is 1. The van der Waals surface area contributed by atoms with Crippen LogP contribution >= 0.6 is 0 Å². The molecule has 1 aromatic carbocycles. The van der Waals surface area contributed by atoms with Crippen LogP contribution in [0.15, 0.2) is 42.1 Å². The molecule has 128 valence electrons. The fourth-order valence-corrected chi connectivity index (χ4v) is 1.79. The van der Waals surface area contributed by atoms with Crippen LogP contribution in [-0.4, -0.2) is 42.2 Å². The molecule has 0 aliphatic carbocycles. The normalized spacial score (nSPS) is 13.5. The quantitative estimate of drug-likeness (QED) is 0.417. The molecule has 0 amide bonds. The number of aliphatic hydroxyl groups excluding tert-OH is 1. The highest BCUT2D eigenvalue weighted by atomic mass is 16.6. The molecule has 0 aliphatic rings. The highest BCUT2D eigenvalue weighted by molar-refractivity contribution is 6.00. The molecule has 0 bridgehead atoms. The summed E-state index contributed by atoms with van der Waals surface area (Å²) in [6.45, 7) is 12.6. The molecule has 0 saturated heterocycles. The molecule has 2 N–H and O–H groups in total. The molecule has 1 rings (SSSR count). The maximum atomic E-state index is 9.87. The van der Waals surface area contributed by atoms with Gasteiger partial charge in [0.05, 0.1) is 5.71 Å². The molecule has 0 heterocycles. The van der Waals surface area contributed by atoms with Crippen LogP contribution in [0.4, 0.5) is 0 Å². The molecule has 0 fully saturated rings. The monoisotopic (exact) mass is 320 g/mol. The number of β-amino-alcohol motifs (C(OH)–C–C–N with tert-alkyl or cyclic N) is 1. The minimum atomic E-state index is -0.613. The third kappa shape index (κ3) is 7.81. The van der Waals surface area contributed by atoms with Gasteiger partial charge in [-0.25, -0.2) is 0 Å². The molecule has 0 saturated carbocycles. The van der Waals surface area contributed by atoms with E-state index in [2.05, 4.69) is 17.1 Å². The topological polar surface area (TPSA) is 63.1 Å². The van der Waals surface area contributed by atoms with Crippen molar-refractivity contribution in [2.45, 2.75) is 39.3 Å². The Morgan fingerprint density at radius 3 is 2.74 bits per heavy atom. The molecule has 0 radical (unpaired) electrons. The van der Waals surface area contributed by atoms with Gasteiger partial charge in [-0.15, -0.1) is 0 Å². The summed E-state index contributed by atoms with van der Waals surface area (Å²) >= 11 is 0. The maximum Gasteiger partial charge on any atom is 0.144 e. The average molecular weight is 320 g/mol. The van der Waals surface area contributed by atoms with Gasteiger partial charge in [0.2, 0.25) is 0 Å². The van der Waals surface area contributed by atoms with Crippen LogP contribution in [0.5, 0.6) is 5.75 Å². The van der Waals surface area contributed by atoms with Gasteiger partial charge in [0.1, 0.15) is 25.1 Å². The summed E-state index contributed by atoms with van der Waals surface area (Å²) in [5.74, 6) is 0.729. The Bertz CT molecular complexity index is 521. The first-order chi connectivity index (χ1) is 10.8. The van der Waals surface area contributed by atoms with E-state index in [-0.39, 0.29) is 12.1 Å². The van der Waals surface area contributed by atoms with Crippen LogP contribution in [0, 0.1) is 0 Å². The van der Waals surface area contributed by atoms with E-state index in [9.17, 15) is 5.11 Å². The van der Waals surface area contributed by atoms with Crippen molar-refractivity contribution < 1.29 is 14.7 Å². The number of benzene rings is 1. The summed E-state index contributed by atoms with van der Waals surface area (Å²) in [6.07, 6.45) is 1.08. The van der Waals surface area contributed by atoms with Gasteiger partial charge in [0.15, 0.2) is 0 Å². The van der Waals surface area contributed by atoms with E-state index >= 15 is 0 Å². The highest BCUT2D eigenvalue weighted by Crippen LogP contribution is 2.19. The van der Waals surface area contributed by atoms with E-state index in [0.717, 1.165) is 11.3 Å². The zero-order chi connectivity index (χ0) is 17.3. The van der Waals surface area contributed by atoms with E-state index < -0.39 is 6.10 Å². The summed E-state index contributed by atoms with van der Waals surface area (Å²) in [6, 6.07) is 7.60. The number of para-hydroxylation sites is 1. The Morgan fingerprint density at radius 2 is 2.09 bits per heavy atom. The highest BCUT2D eigenvalue weighted by Gasteiger charge is 2.12. The molecule has 1 atom stereocenters. The van der Waals surface area contributed by atoms with Gasteiger partial charge in [0, 0.05) is 17.6 Å². The van der Waals surface area contributed by atoms with Crippen molar-refractivity contribution in [1.82, 2.24) is 5.32 Å². The first-order valence-electron chi connectivity index (χ1n) is 7.76. The van der Waals surface area contributed by atoms with Gasteiger partial charge in [-0.3, -0.25) is 0 Å². The maximum absolute atomic E-state index is 9.87. The van der Waals surface area contributed by atoms with Gasteiger partial charge in [-0.1, -0.05) is 29.9 Å². The van der Waals surface area contributed by atoms with Crippen LogP contribution in [0.3, 0.4) is 0 Å². The molecule has 1 aromatic rings. The van der Waals surface area contributed by atoms with Crippen molar-refractivity contribution >= 4 is 5.71 Å². The summed E-state index contributed by atoms with van der Waals surface area (Å²) in [5.41, 5.74) is 1.51. The summed E-state index contributed by atoms with van der Waals surface area (Å²) < 4.78 is 5.60. The zero-order valence-corrected chi connectivity index (χ0v) is 14.5. The van der Waals surface area contributed by atoms with Crippen LogP contribution < -0.4 is 10.1 Å². The van der Waals surface area contributed by atoms with E-state index in [1.54, 1.807) is 6.08 Å². The van der Waals surface area contributed by atoms with Crippen LogP contribution in [-0.2, 0) is 4.84 Å². The lowest BCUT2D eigenvalue weighted by atomic mass is 10.1. The molecule has 1 unspecified atom stereocenters. The lowest BCUT2D eigenvalue weighted by Gasteiger charge is -2.22. The molecular formula is C18H28N2O3. The number of aliphatic hydroxyl groups is 1. The second kappa shape index (κ2) is 9.33.